The van der Waals surface area contributed by atoms with E-state index >= 15 is 0 Å². The van der Waals surface area contributed by atoms with Gasteiger partial charge in [-0.2, -0.15) is 0 Å². The third kappa shape index (κ3) is 51.7. The predicted octanol–water partition coefficient (Wildman–Crippen LogP) is 5.66. The SMILES string of the molecule is C=Cc1cc(OCCOCCOCCOCCOCCOCCOCCOCCOCCOCCOCCOC)c(/C=C/c2cc(OC)c(Br)cc2OCCOCCOCCOCCOCCOCCOCCOCCOCCOCCOCCOC)cc1OC. The van der Waals surface area contributed by atoms with Crippen LogP contribution in [0.25, 0.3) is 18.2 Å². The summed E-state index contributed by atoms with van der Waals surface area (Å²) in [5.74, 6) is 2.55. The minimum absolute atomic E-state index is 0.304. The molecular formula is C64H109BrO26. The average molecular weight is 1370 g/mol. The van der Waals surface area contributed by atoms with Gasteiger partial charge in [-0.15, -0.1) is 0 Å². The molecule has 91 heavy (non-hydrogen) atoms. The molecule has 0 fully saturated rings. The number of hydrogen-bond acceptors (Lipinski definition) is 26. The van der Waals surface area contributed by atoms with Gasteiger partial charge in [-0.3, -0.25) is 0 Å². The molecule has 0 radical (unpaired) electrons. The molecule has 0 aliphatic rings. The summed E-state index contributed by atoms with van der Waals surface area (Å²) in [7, 11) is 6.51. The van der Waals surface area contributed by atoms with Gasteiger partial charge in [0.1, 0.15) is 36.2 Å². The fraction of sp³-hybridized carbons (Fsp3) is 0.750. The van der Waals surface area contributed by atoms with E-state index < -0.39 is 0 Å². The molecule has 0 saturated carbocycles. The van der Waals surface area contributed by atoms with Gasteiger partial charge in [-0.25, -0.2) is 0 Å². The molecule has 0 heterocycles. The van der Waals surface area contributed by atoms with Crippen LogP contribution in [0, 0.1) is 0 Å². The van der Waals surface area contributed by atoms with Crippen LogP contribution in [0.1, 0.15) is 16.7 Å². The van der Waals surface area contributed by atoms with Crippen LogP contribution in [-0.4, -0.2) is 319 Å². The van der Waals surface area contributed by atoms with E-state index in [1.54, 1.807) is 34.5 Å². The van der Waals surface area contributed by atoms with E-state index in [1.807, 2.05) is 36.4 Å². The highest BCUT2D eigenvalue weighted by molar-refractivity contribution is 9.10. The summed E-state index contributed by atoms with van der Waals surface area (Å²) >= 11 is 3.59. The quantitative estimate of drug-likeness (QED) is 0.0573. The molecule has 0 atom stereocenters. The minimum atomic E-state index is 0.304. The van der Waals surface area contributed by atoms with Crippen molar-refractivity contribution in [3.8, 4) is 23.0 Å². The van der Waals surface area contributed by atoms with Crippen LogP contribution < -0.4 is 18.9 Å². The Labute approximate surface area is 549 Å². The Kier molecular flexibility index (Phi) is 61.5. The molecule has 0 unspecified atom stereocenters. The van der Waals surface area contributed by atoms with Gasteiger partial charge >= 0.3 is 0 Å². The lowest BCUT2D eigenvalue weighted by Gasteiger charge is -2.15. The number of hydrogen-bond donors (Lipinski definition) is 0. The second-order valence-corrected chi connectivity index (χ2v) is 19.5. The van der Waals surface area contributed by atoms with Gasteiger partial charge < -0.3 is 123 Å². The van der Waals surface area contributed by atoms with E-state index in [4.69, 9.17) is 123 Å². The molecule has 0 saturated heterocycles. The lowest BCUT2D eigenvalue weighted by molar-refractivity contribution is -0.0273. The Bertz CT molecular complexity index is 1930. The smallest absolute Gasteiger partial charge is 0.133 e. The molecule has 2 aromatic carbocycles. The van der Waals surface area contributed by atoms with Gasteiger partial charge in [-0.05, 0) is 40.2 Å². The number of ether oxygens (including phenoxy) is 26. The lowest BCUT2D eigenvalue weighted by atomic mass is 10.1. The van der Waals surface area contributed by atoms with Crippen molar-refractivity contribution in [3.63, 3.8) is 0 Å². The molecule has 0 aromatic heterocycles. The molecule has 0 bridgehead atoms. The molecule has 27 heteroatoms. The zero-order chi connectivity index (χ0) is 65.1. The summed E-state index contributed by atoms with van der Waals surface area (Å²) in [6.45, 7) is 24.8. The second kappa shape index (κ2) is 66.7. The number of benzene rings is 2. The highest BCUT2D eigenvalue weighted by Crippen LogP contribution is 2.36. The van der Waals surface area contributed by atoms with Crippen LogP contribution in [0.3, 0.4) is 0 Å². The maximum atomic E-state index is 6.23. The third-order valence-electron chi connectivity index (χ3n) is 11.8. The van der Waals surface area contributed by atoms with Crippen LogP contribution in [0.15, 0.2) is 35.3 Å². The largest absolute Gasteiger partial charge is 0.496 e. The van der Waals surface area contributed by atoms with Crippen molar-refractivity contribution >= 4 is 34.2 Å². The van der Waals surface area contributed by atoms with Crippen molar-refractivity contribution in [2.45, 2.75) is 0 Å². The molecule has 2 aromatic rings. The van der Waals surface area contributed by atoms with Gasteiger partial charge in [0.2, 0.25) is 0 Å². The van der Waals surface area contributed by atoms with Crippen molar-refractivity contribution in [2.24, 2.45) is 0 Å². The predicted molar refractivity (Wildman–Crippen MR) is 344 cm³/mol. The molecule has 0 amide bonds. The zero-order valence-electron chi connectivity index (χ0n) is 54.9. The molecule has 26 nitrogen and oxygen atoms in total. The molecule has 0 spiro atoms. The number of methoxy groups -OCH3 is 4. The van der Waals surface area contributed by atoms with Gasteiger partial charge in [-0.1, -0.05) is 24.8 Å². The lowest BCUT2D eigenvalue weighted by Crippen LogP contribution is -2.15. The zero-order valence-corrected chi connectivity index (χ0v) is 56.4. The number of rotatable bonds is 73. The normalized spacial score (nSPS) is 11.6. The van der Waals surface area contributed by atoms with Crippen LogP contribution in [0.2, 0.25) is 0 Å². The molecule has 0 aliphatic carbocycles. The van der Waals surface area contributed by atoms with E-state index in [9.17, 15) is 0 Å². The van der Waals surface area contributed by atoms with Crippen molar-refractivity contribution < 1.29 is 123 Å². The Morgan fingerprint density at radius 2 is 0.429 bits per heavy atom. The first-order valence-corrected chi connectivity index (χ1v) is 32.1. The van der Waals surface area contributed by atoms with Crippen LogP contribution >= 0.6 is 15.9 Å². The molecule has 0 aliphatic heterocycles. The monoisotopic (exact) mass is 1370 g/mol. The summed E-state index contributed by atoms with van der Waals surface area (Å²) in [6, 6.07) is 7.55. The summed E-state index contributed by atoms with van der Waals surface area (Å²) < 4.78 is 145. The van der Waals surface area contributed by atoms with Crippen molar-refractivity contribution in [3.05, 3.63) is 52.0 Å². The fourth-order valence-electron chi connectivity index (χ4n) is 7.19. The summed E-state index contributed by atoms with van der Waals surface area (Å²) in [4.78, 5) is 0. The first-order chi connectivity index (χ1) is 45.1. The maximum Gasteiger partial charge on any atom is 0.133 e. The van der Waals surface area contributed by atoms with Gasteiger partial charge in [0.25, 0.3) is 0 Å². The van der Waals surface area contributed by atoms with E-state index in [0.29, 0.717) is 314 Å². The van der Waals surface area contributed by atoms with Crippen molar-refractivity contribution in [2.75, 3.05) is 319 Å². The highest BCUT2D eigenvalue weighted by Gasteiger charge is 2.13. The average Bonchev–Trinajstić information content (AvgIpc) is 1.45. The second-order valence-electron chi connectivity index (χ2n) is 18.6. The molecular weight excluding hydrogens is 1260 g/mol. The van der Waals surface area contributed by atoms with Crippen LogP contribution in [0.5, 0.6) is 23.0 Å². The molecule has 528 valence electrons. The van der Waals surface area contributed by atoms with Gasteiger partial charge in [0.15, 0.2) is 0 Å². The van der Waals surface area contributed by atoms with Crippen molar-refractivity contribution in [1.29, 1.82) is 0 Å². The van der Waals surface area contributed by atoms with E-state index in [2.05, 4.69) is 22.5 Å². The Hall–Kier alpha value is -3.28. The molecule has 0 N–H and O–H groups in total. The van der Waals surface area contributed by atoms with E-state index in [1.165, 1.54) is 0 Å². The summed E-state index contributed by atoms with van der Waals surface area (Å²) in [5, 5.41) is 0. The fourth-order valence-corrected chi connectivity index (χ4v) is 7.68. The van der Waals surface area contributed by atoms with Crippen LogP contribution in [-0.2, 0) is 104 Å². The van der Waals surface area contributed by atoms with Crippen molar-refractivity contribution in [1.82, 2.24) is 0 Å². The summed E-state index contributed by atoms with van der Waals surface area (Å²) in [6.07, 6.45) is 5.59. The summed E-state index contributed by atoms with van der Waals surface area (Å²) in [5.41, 5.74) is 2.35. The van der Waals surface area contributed by atoms with Gasteiger partial charge in [0.05, 0.1) is 296 Å². The standard InChI is InChI=1S/C64H109BrO26/c1-6-57-53-62(90-51-49-88-47-45-86-43-41-84-39-37-82-35-33-80-31-29-78-27-25-76-23-21-74-19-17-72-15-13-70-11-9-66-2)58(54-61(57)68-4)7-8-59-55-64(69-5)60(65)56-63(59)91-52-50-89-48-46-87-44-42-85-40-38-83-36-34-81-32-30-79-28-26-77-24-22-75-20-18-73-16-14-71-12-10-67-3/h6-8,53-56H,1,9-52H2,2-5H3/b8-7+. The Morgan fingerprint density at radius 1 is 0.242 bits per heavy atom. The third-order valence-corrected chi connectivity index (χ3v) is 12.5. The number of halogens is 1. The van der Waals surface area contributed by atoms with Gasteiger partial charge in [0, 0.05) is 30.9 Å². The first kappa shape index (κ1) is 83.8. The minimum Gasteiger partial charge on any atom is -0.496 e. The Balaban J connectivity index is 1.47. The Morgan fingerprint density at radius 3 is 0.637 bits per heavy atom. The van der Waals surface area contributed by atoms with E-state index in [-0.39, 0.29) is 0 Å². The first-order valence-electron chi connectivity index (χ1n) is 31.3. The van der Waals surface area contributed by atoms with Crippen LogP contribution in [0.4, 0.5) is 0 Å². The maximum absolute atomic E-state index is 6.23. The molecule has 2 rings (SSSR count). The van der Waals surface area contributed by atoms with E-state index in [0.717, 1.165) is 21.2 Å². The highest BCUT2D eigenvalue weighted by atomic mass is 79.9. The topological polar surface area (TPSA) is 240 Å².